The van der Waals surface area contributed by atoms with Gasteiger partial charge in [0.15, 0.2) is 0 Å². The van der Waals surface area contributed by atoms with Gasteiger partial charge in [-0.25, -0.2) is 0 Å². The fraction of sp³-hybridized carbons (Fsp3) is 0.224. The SMILES string of the molecule is COc1ccccc1C(O)(c1ccccc1OC)C(Cc1ccccc1)NC(=O)CC(=O)NC(Cc1ccccc1)C(O)(c1ccccc1OC)c1ccccc1OC. The van der Waals surface area contributed by atoms with E-state index < -0.39 is 41.5 Å². The molecule has 0 aromatic heterocycles. The second-order valence-electron chi connectivity index (χ2n) is 14.1. The molecule has 0 aliphatic heterocycles. The van der Waals surface area contributed by atoms with Crippen molar-refractivity contribution in [1.29, 1.82) is 0 Å². The number of rotatable bonds is 18. The molecule has 6 aromatic rings. The minimum absolute atomic E-state index is 0.165. The summed E-state index contributed by atoms with van der Waals surface area (Å²) in [5.41, 5.74) is -0.646. The summed E-state index contributed by atoms with van der Waals surface area (Å²) in [6.45, 7) is 0. The highest BCUT2D eigenvalue weighted by molar-refractivity contribution is 5.97. The van der Waals surface area contributed by atoms with Gasteiger partial charge in [-0.1, -0.05) is 133 Å². The Morgan fingerprint density at radius 3 is 0.966 bits per heavy atom. The van der Waals surface area contributed by atoms with Gasteiger partial charge < -0.3 is 39.8 Å². The van der Waals surface area contributed by atoms with E-state index in [0.717, 1.165) is 11.1 Å². The summed E-state index contributed by atoms with van der Waals surface area (Å²) in [4.78, 5) is 28.7. The van der Waals surface area contributed by atoms with E-state index in [1.165, 1.54) is 28.4 Å². The number of para-hydroxylation sites is 4. The molecule has 0 saturated heterocycles. The Morgan fingerprint density at radius 2 is 0.695 bits per heavy atom. The molecule has 2 atom stereocenters. The zero-order valence-corrected chi connectivity index (χ0v) is 33.6. The first-order chi connectivity index (χ1) is 28.7. The fourth-order valence-corrected chi connectivity index (χ4v) is 7.82. The zero-order valence-electron chi connectivity index (χ0n) is 33.6. The molecule has 59 heavy (non-hydrogen) atoms. The molecular weight excluding hydrogens is 745 g/mol. The Balaban J connectivity index is 1.41. The Hall–Kier alpha value is -6.62. The van der Waals surface area contributed by atoms with Gasteiger partial charge in [0.1, 0.15) is 40.6 Å². The van der Waals surface area contributed by atoms with Gasteiger partial charge in [-0.15, -0.1) is 0 Å². The van der Waals surface area contributed by atoms with E-state index in [2.05, 4.69) is 10.6 Å². The van der Waals surface area contributed by atoms with E-state index in [9.17, 15) is 19.8 Å². The third-order valence-electron chi connectivity index (χ3n) is 10.6. The van der Waals surface area contributed by atoms with Crippen molar-refractivity contribution >= 4 is 11.8 Å². The monoisotopic (exact) mass is 794 g/mol. The molecule has 0 bridgehead atoms. The van der Waals surface area contributed by atoms with Crippen molar-refractivity contribution in [2.75, 3.05) is 28.4 Å². The van der Waals surface area contributed by atoms with Gasteiger partial charge in [-0.05, 0) is 48.2 Å². The molecule has 0 spiro atoms. The molecule has 0 aliphatic carbocycles. The second kappa shape index (κ2) is 19.2. The highest BCUT2D eigenvalue weighted by atomic mass is 16.5. The van der Waals surface area contributed by atoms with Gasteiger partial charge in [0, 0.05) is 22.3 Å². The molecule has 0 saturated carbocycles. The highest BCUT2D eigenvalue weighted by Gasteiger charge is 2.47. The lowest BCUT2D eigenvalue weighted by atomic mass is 9.76. The first kappa shape index (κ1) is 42.0. The number of aliphatic hydroxyl groups is 2. The zero-order chi connectivity index (χ0) is 41.8. The summed E-state index contributed by atoms with van der Waals surface area (Å²) >= 11 is 0. The molecular formula is C49H50N2O8. The number of hydrogen-bond donors (Lipinski definition) is 4. The van der Waals surface area contributed by atoms with Crippen molar-refractivity contribution in [3.63, 3.8) is 0 Å². The van der Waals surface area contributed by atoms with Gasteiger partial charge in [0.05, 0.1) is 40.5 Å². The van der Waals surface area contributed by atoms with Crippen LogP contribution in [0.3, 0.4) is 0 Å². The normalized spacial score (nSPS) is 12.4. The van der Waals surface area contributed by atoms with Crippen molar-refractivity contribution in [2.24, 2.45) is 0 Å². The van der Waals surface area contributed by atoms with E-state index in [4.69, 9.17) is 18.9 Å². The van der Waals surface area contributed by atoms with Crippen molar-refractivity contribution in [3.05, 3.63) is 191 Å². The standard InChI is InChI=1S/C49H50N2O8/c1-56-40-27-15-11-23-36(40)48(54,37-24-12-16-28-41(37)57-2)44(31-34-19-7-5-8-20-34)50-46(52)33-47(53)51-45(32-35-21-9-6-10-22-35)49(55,38-25-13-17-29-42(38)58-3)39-26-14-18-30-43(39)59-4/h5-30,44-45,54-55H,31-33H2,1-4H3,(H,50,52)(H,51,53). The van der Waals surface area contributed by atoms with Gasteiger partial charge in [0.25, 0.3) is 0 Å². The van der Waals surface area contributed by atoms with E-state index in [1.807, 2.05) is 60.7 Å². The molecule has 10 heteroatoms. The predicted octanol–water partition coefficient (Wildman–Crippen LogP) is 6.74. The second-order valence-corrected chi connectivity index (χ2v) is 14.1. The van der Waals surface area contributed by atoms with Crippen LogP contribution in [0, 0.1) is 0 Å². The van der Waals surface area contributed by atoms with Crippen LogP contribution in [0.2, 0.25) is 0 Å². The summed E-state index contributed by atoms with van der Waals surface area (Å²) in [6.07, 6.45) is -0.310. The van der Waals surface area contributed by atoms with Crippen molar-refractivity contribution in [3.8, 4) is 23.0 Å². The summed E-state index contributed by atoms with van der Waals surface area (Å²) in [5.74, 6) is 0.234. The van der Waals surface area contributed by atoms with Crippen LogP contribution in [0.4, 0.5) is 0 Å². The molecule has 0 fully saturated rings. The summed E-state index contributed by atoms with van der Waals surface area (Å²) in [5, 5.41) is 32.5. The summed E-state index contributed by atoms with van der Waals surface area (Å²) < 4.78 is 23.1. The maximum absolute atomic E-state index is 14.4. The number of carbonyl (C=O) groups is 2. The topological polar surface area (TPSA) is 136 Å². The molecule has 6 rings (SSSR count). The number of carbonyl (C=O) groups excluding carboxylic acids is 2. The largest absolute Gasteiger partial charge is 0.496 e. The van der Waals surface area contributed by atoms with Crippen molar-refractivity contribution in [2.45, 2.75) is 42.5 Å². The molecule has 6 aromatic carbocycles. The third kappa shape index (κ3) is 9.09. The summed E-state index contributed by atoms with van der Waals surface area (Å²) in [7, 11) is 6.05. The smallest absolute Gasteiger partial charge is 0.229 e. The van der Waals surface area contributed by atoms with Crippen LogP contribution in [-0.2, 0) is 33.6 Å². The van der Waals surface area contributed by atoms with Crippen LogP contribution in [0.25, 0.3) is 0 Å². The number of nitrogens with one attached hydrogen (secondary N) is 2. The summed E-state index contributed by atoms with van der Waals surface area (Å²) in [6, 6.07) is 45.1. The molecule has 2 amide bonds. The average molecular weight is 795 g/mol. The number of hydrogen-bond acceptors (Lipinski definition) is 8. The lowest BCUT2D eigenvalue weighted by molar-refractivity contribution is -0.132. The lowest BCUT2D eigenvalue weighted by Gasteiger charge is -2.40. The molecule has 0 heterocycles. The number of ether oxygens (including phenoxy) is 4. The minimum atomic E-state index is -1.93. The highest BCUT2D eigenvalue weighted by Crippen LogP contribution is 2.45. The van der Waals surface area contributed by atoms with Crippen LogP contribution in [-0.4, -0.2) is 62.6 Å². The number of methoxy groups -OCH3 is 4. The molecule has 10 nitrogen and oxygen atoms in total. The maximum atomic E-state index is 14.4. The Bertz CT molecular complexity index is 2060. The van der Waals surface area contributed by atoms with E-state index in [1.54, 1.807) is 97.1 Å². The van der Waals surface area contributed by atoms with E-state index in [0.29, 0.717) is 45.3 Å². The van der Waals surface area contributed by atoms with Gasteiger partial charge in [-0.3, -0.25) is 9.59 Å². The lowest BCUT2D eigenvalue weighted by Crippen LogP contribution is -2.55. The molecule has 2 unspecified atom stereocenters. The Labute approximate surface area is 345 Å². The quantitative estimate of drug-likeness (QED) is 0.0704. The first-order valence-corrected chi connectivity index (χ1v) is 19.3. The van der Waals surface area contributed by atoms with Gasteiger partial charge in [-0.2, -0.15) is 0 Å². The molecule has 0 aliphatic rings. The predicted molar refractivity (Wildman–Crippen MR) is 227 cm³/mol. The van der Waals surface area contributed by atoms with Crippen molar-refractivity contribution in [1.82, 2.24) is 10.6 Å². The minimum Gasteiger partial charge on any atom is -0.496 e. The Kier molecular flexibility index (Phi) is 13.7. The molecule has 304 valence electrons. The van der Waals surface area contributed by atoms with Crippen LogP contribution in [0.15, 0.2) is 158 Å². The fourth-order valence-electron chi connectivity index (χ4n) is 7.82. The first-order valence-electron chi connectivity index (χ1n) is 19.3. The third-order valence-corrected chi connectivity index (χ3v) is 10.6. The van der Waals surface area contributed by atoms with Crippen LogP contribution in [0.1, 0.15) is 39.8 Å². The van der Waals surface area contributed by atoms with Crippen LogP contribution < -0.4 is 29.6 Å². The van der Waals surface area contributed by atoms with Crippen molar-refractivity contribution < 1.29 is 38.7 Å². The van der Waals surface area contributed by atoms with Crippen LogP contribution in [0.5, 0.6) is 23.0 Å². The van der Waals surface area contributed by atoms with Gasteiger partial charge >= 0.3 is 0 Å². The van der Waals surface area contributed by atoms with E-state index >= 15 is 0 Å². The molecule has 0 radical (unpaired) electrons. The maximum Gasteiger partial charge on any atom is 0.229 e. The average Bonchev–Trinajstić information content (AvgIpc) is 3.28. The van der Waals surface area contributed by atoms with E-state index in [-0.39, 0.29) is 12.8 Å². The van der Waals surface area contributed by atoms with Crippen LogP contribution >= 0.6 is 0 Å². The number of amides is 2. The Morgan fingerprint density at radius 1 is 0.441 bits per heavy atom. The van der Waals surface area contributed by atoms with Gasteiger partial charge in [0.2, 0.25) is 11.8 Å². The number of benzene rings is 6. The molecule has 4 N–H and O–H groups in total.